The number of carbonyl (C=O) groups excluding carboxylic acids is 1. The van der Waals surface area contributed by atoms with Gasteiger partial charge in [0.25, 0.3) is 0 Å². The second-order valence-corrected chi connectivity index (χ2v) is 4.41. The van der Waals surface area contributed by atoms with Gasteiger partial charge in [-0.15, -0.1) is 0 Å². The van der Waals surface area contributed by atoms with Gasteiger partial charge in [0, 0.05) is 26.6 Å². The van der Waals surface area contributed by atoms with Gasteiger partial charge in [-0.05, 0) is 5.92 Å². The Morgan fingerprint density at radius 2 is 2.13 bits per heavy atom. The van der Waals surface area contributed by atoms with Crippen molar-refractivity contribution >= 4 is 23.1 Å². The molecule has 0 radical (unpaired) electrons. The third kappa shape index (κ3) is 7.27. The lowest BCUT2D eigenvalue weighted by Crippen LogP contribution is -2.38. The molecule has 0 bridgehead atoms. The van der Waals surface area contributed by atoms with Crippen molar-refractivity contribution < 1.29 is 9.53 Å². The predicted molar refractivity (Wildman–Crippen MR) is 64.7 cm³/mol. The van der Waals surface area contributed by atoms with E-state index in [0.717, 1.165) is 0 Å². The van der Waals surface area contributed by atoms with Gasteiger partial charge in [0.1, 0.15) is 6.61 Å². The summed E-state index contributed by atoms with van der Waals surface area (Å²) >= 11 is 4.79. The Hall–Kier alpha value is -0.680. The molecule has 4 nitrogen and oxygen atoms in total. The number of nitrogens with two attached hydrogens (primary N) is 1. The van der Waals surface area contributed by atoms with Crippen LogP contribution in [-0.2, 0) is 9.53 Å². The standard InChI is InChI=1S/C10H20N2O2S/c1-8(2)6-12(5-4-9(11)15)10(13)7-14-3/h8H,4-7H2,1-3H3,(H2,11,15). The Labute approximate surface area is 96.8 Å². The highest BCUT2D eigenvalue weighted by Crippen LogP contribution is 2.01. The molecule has 0 rings (SSSR count). The Balaban J connectivity index is 4.16. The molecule has 0 aliphatic heterocycles. The van der Waals surface area contributed by atoms with Crippen molar-refractivity contribution in [1.29, 1.82) is 0 Å². The fourth-order valence-electron chi connectivity index (χ4n) is 1.22. The van der Waals surface area contributed by atoms with Crippen LogP contribution in [0.2, 0.25) is 0 Å². The lowest BCUT2D eigenvalue weighted by Gasteiger charge is -2.24. The van der Waals surface area contributed by atoms with Crippen LogP contribution in [0.25, 0.3) is 0 Å². The van der Waals surface area contributed by atoms with Crippen LogP contribution >= 0.6 is 12.2 Å². The van der Waals surface area contributed by atoms with Gasteiger partial charge in [-0.3, -0.25) is 4.79 Å². The van der Waals surface area contributed by atoms with E-state index in [0.29, 0.717) is 30.4 Å². The van der Waals surface area contributed by atoms with Gasteiger partial charge >= 0.3 is 0 Å². The molecule has 0 fully saturated rings. The fraction of sp³-hybridized carbons (Fsp3) is 0.800. The first-order valence-electron chi connectivity index (χ1n) is 5.02. The minimum atomic E-state index is -0.0116. The van der Waals surface area contributed by atoms with Crippen LogP contribution < -0.4 is 5.73 Å². The molecule has 0 aliphatic carbocycles. The highest BCUT2D eigenvalue weighted by atomic mass is 32.1. The molecule has 5 heteroatoms. The van der Waals surface area contributed by atoms with Crippen LogP contribution in [0.3, 0.4) is 0 Å². The SMILES string of the molecule is COCC(=O)N(CCC(N)=S)CC(C)C. The van der Waals surface area contributed by atoms with Crippen molar-refractivity contribution in [3.8, 4) is 0 Å². The van der Waals surface area contributed by atoms with Gasteiger partial charge in [-0.25, -0.2) is 0 Å². The number of hydrogen-bond acceptors (Lipinski definition) is 3. The van der Waals surface area contributed by atoms with Crippen LogP contribution in [-0.4, -0.2) is 42.6 Å². The number of methoxy groups -OCH3 is 1. The molecule has 1 amide bonds. The summed E-state index contributed by atoms with van der Waals surface area (Å²) in [7, 11) is 1.51. The Kier molecular flexibility index (Phi) is 7.25. The molecule has 0 saturated carbocycles. The minimum absolute atomic E-state index is 0.0116. The summed E-state index contributed by atoms with van der Waals surface area (Å²) in [4.78, 5) is 13.8. The lowest BCUT2D eigenvalue weighted by molar-refractivity contribution is -0.135. The summed E-state index contributed by atoms with van der Waals surface area (Å²) in [6.45, 7) is 5.53. The summed E-state index contributed by atoms with van der Waals surface area (Å²) in [5.74, 6) is 0.416. The molecule has 0 atom stereocenters. The molecule has 0 aromatic rings. The number of thiocarbonyl (C=S) groups is 1. The van der Waals surface area contributed by atoms with Crippen LogP contribution in [0.15, 0.2) is 0 Å². The van der Waals surface area contributed by atoms with E-state index < -0.39 is 0 Å². The number of rotatable bonds is 7. The monoisotopic (exact) mass is 232 g/mol. The number of hydrogen-bond donors (Lipinski definition) is 1. The highest BCUT2D eigenvalue weighted by Gasteiger charge is 2.14. The highest BCUT2D eigenvalue weighted by molar-refractivity contribution is 7.80. The molecule has 0 heterocycles. The van der Waals surface area contributed by atoms with Gasteiger partial charge in [0.2, 0.25) is 5.91 Å². The summed E-state index contributed by atoms with van der Waals surface area (Å²) in [5, 5.41) is 0. The van der Waals surface area contributed by atoms with Crippen LogP contribution in [0.4, 0.5) is 0 Å². The van der Waals surface area contributed by atoms with Crippen LogP contribution in [0, 0.1) is 5.92 Å². The molecule has 15 heavy (non-hydrogen) atoms. The maximum atomic E-state index is 11.6. The van der Waals surface area contributed by atoms with Crippen LogP contribution in [0.1, 0.15) is 20.3 Å². The topological polar surface area (TPSA) is 55.6 Å². The van der Waals surface area contributed by atoms with Gasteiger partial charge < -0.3 is 15.4 Å². The Bertz CT molecular complexity index is 219. The Morgan fingerprint density at radius 3 is 2.53 bits per heavy atom. The molecule has 0 aromatic carbocycles. The smallest absolute Gasteiger partial charge is 0.248 e. The normalized spacial score (nSPS) is 10.4. The maximum Gasteiger partial charge on any atom is 0.248 e. The number of nitrogens with zero attached hydrogens (tertiary/aromatic N) is 1. The second kappa shape index (κ2) is 7.59. The zero-order chi connectivity index (χ0) is 11.8. The van der Waals surface area contributed by atoms with Crippen molar-refractivity contribution in [3.05, 3.63) is 0 Å². The van der Waals surface area contributed by atoms with E-state index in [-0.39, 0.29) is 12.5 Å². The van der Waals surface area contributed by atoms with E-state index in [2.05, 4.69) is 13.8 Å². The maximum absolute atomic E-state index is 11.6. The van der Waals surface area contributed by atoms with Gasteiger partial charge in [-0.2, -0.15) is 0 Å². The fourth-order valence-corrected chi connectivity index (χ4v) is 1.31. The second-order valence-electron chi connectivity index (χ2n) is 3.88. The average Bonchev–Trinajstić information content (AvgIpc) is 2.11. The van der Waals surface area contributed by atoms with Gasteiger partial charge in [0.15, 0.2) is 0 Å². The van der Waals surface area contributed by atoms with E-state index in [9.17, 15) is 4.79 Å². The number of carbonyl (C=O) groups is 1. The third-order valence-electron chi connectivity index (χ3n) is 1.83. The van der Waals surface area contributed by atoms with Crippen molar-refractivity contribution in [3.63, 3.8) is 0 Å². The van der Waals surface area contributed by atoms with E-state index in [1.807, 2.05) is 0 Å². The summed E-state index contributed by atoms with van der Waals surface area (Å²) in [6, 6.07) is 0. The number of amides is 1. The van der Waals surface area contributed by atoms with E-state index in [4.69, 9.17) is 22.7 Å². The summed E-state index contributed by atoms with van der Waals surface area (Å²) in [5.41, 5.74) is 5.41. The van der Waals surface area contributed by atoms with Crippen molar-refractivity contribution in [2.45, 2.75) is 20.3 Å². The van der Waals surface area contributed by atoms with Crippen molar-refractivity contribution in [2.75, 3.05) is 26.8 Å². The molecule has 0 aromatic heterocycles. The first-order valence-corrected chi connectivity index (χ1v) is 5.43. The zero-order valence-corrected chi connectivity index (χ0v) is 10.5. The van der Waals surface area contributed by atoms with Crippen molar-refractivity contribution in [2.24, 2.45) is 11.7 Å². The molecule has 0 saturated heterocycles. The average molecular weight is 232 g/mol. The summed E-state index contributed by atoms with van der Waals surface area (Å²) < 4.78 is 4.82. The molecule has 0 spiro atoms. The molecule has 0 aliphatic rings. The molecule has 88 valence electrons. The van der Waals surface area contributed by atoms with Crippen molar-refractivity contribution in [1.82, 2.24) is 4.90 Å². The van der Waals surface area contributed by atoms with Gasteiger partial charge in [-0.1, -0.05) is 26.1 Å². The number of ether oxygens (including phenoxy) is 1. The molecule has 0 unspecified atom stereocenters. The zero-order valence-electron chi connectivity index (χ0n) is 9.66. The Morgan fingerprint density at radius 1 is 1.53 bits per heavy atom. The molecular weight excluding hydrogens is 212 g/mol. The quantitative estimate of drug-likeness (QED) is 0.660. The first-order chi connectivity index (χ1) is 6.97. The third-order valence-corrected chi connectivity index (χ3v) is 2.04. The minimum Gasteiger partial charge on any atom is -0.393 e. The predicted octanol–water partition coefficient (Wildman–Crippen LogP) is 0.794. The van der Waals surface area contributed by atoms with E-state index >= 15 is 0 Å². The van der Waals surface area contributed by atoms with Gasteiger partial charge in [0.05, 0.1) is 4.99 Å². The van der Waals surface area contributed by atoms with E-state index in [1.165, 1.54) is 7.11 Å². The first kappa shape index (κ1) is 14.3. The van der Waals surface area contributed by atoms with E-state index in [1.54, 1.807) is 4.90 Å². The molecule has 2 N–H and O–H groups in total. The molecular formula is C10H20N2O2S. The lowest BCUT2D eigenvalue weighted by atomic mass is 10.2. The largest absolute Gasteiger partial charge is 0.393 e. The summed E-state index contributed by atoms with van der Waals surface area (Å²) in [6.07, 6.45) is 0.567. The van der Waals surface area contributed by atoms with Crippen LogP contribution in [0.5, 0.6) is 0 Å².